The fourth-order valence-electron chi connectivity index (χ4n) is 3.05. The molecule has 0 aliphatic heterocycles. The normalized spacial score (nSPS) is 12.2. The molecule has 0 aromatic heterocycles. The third-order valence-electron chi connectivity index (χ3n) is 4.34. The van der Waals surface area contributed by atoms with E-state index in [1.54, 1.807) is 26.0 Å². The number of alkyl halides is 3. The lowest BCUT2D eigenvalue weighted by Gasteiger charge is -2.30. The van der Waals surface area contributed by atoms with E-state index in [0.29, 0.717) is 5.56 Å². The molecule has 0 aliphatic carbocycles. The number of fused-ring (bicyclic) bond motifs is 1. The first-order valence-corrected chi connectivity index (χ1v) is 8.21. The van der Waals surface area contributed by atoms with Crippen LogP contribution in [-0.2, 0) is 11.8 Å². The smallest absolute Gasteiger partial charge is 0.419 e. The van der Waals surface area contributed by atoms with Crippen molar-refractivity contribution in [1.29, 1.82) is 0 Å². The Bertz CT molecular complexity index is 1000. The third kappa shape index (κ3) is 3.74. The van der Waals surface area contributed by atoms with Gasteiger partial charge in [-0.2, -0.15) is 13.2 Å². The van der Waals surface area contributed by atoms with Crippen LogP contribution in [0.3, 0.4) is 0 Å². The molecule has 3 aromatic rings. The van der Waals surface area contributed by atoms with Gasteiger partial charge in [0, 0.05) is 5.56 Å². The molecule has 0 bridgehead atoms. The molecule has 3 aromatic carbocycles. The van der Waals surface area contributed by atoms with Gasteiger partial charge in [0.25, 0.3) is 0 Å². The zero-order valence-corrected chi connectivity index (χ0v) is 14.7. The lowest BCUT2D eigenvalue weighted by molar-refractivity contribution is -0.139. The van der Waals surface area contributed by atoms with Gasteiger partial charge in [-0.3, -0.25) is 0 Å². The number of hydrogen-bond donors (Lipinski definition) is 1. The Labute approximate surface area is 154 Å². The van der Waals surface area contributed by atoms with Crippen molar-refractivity contribution in [2.75, 3.05) is 0 Å². The fraction of sp³-hybridized carbons (Fsp3) is 0.190. The highest BCUT2D eigenvalue weighted by Gasteiger charge is 2.37. The van der Waals surface area contributed by atoms with Crippen molar-refractivity contribution < 1.29 is 27.8 Å². The summed E-state index contributed by atoms with van der Waals surface area (Å²) in [7, 11) is 0. The van der Waals surface area contributed by atoms with Crippen molar-refractivity contribution in [2.45, 2.75) is 25.6 Å². The molecule has 0 aliphatic rings. The highest BCUT2D eigenvalue weighted by Crippen LogP contribution is 2.40. The molecule has 0 amide bonds. The molecule has 0 atom stereocenters. The Morgan fingerprint density at radius 2 is 1.59 bits per heavy atom. The van der Waals surface area contributed by atoms with Crippen molar-refractivity contribution in [2.24, 2.45) is 0 Å². The van der Waals surface area contributed by atoms with Crippen LogP contribution in [0.25, 0.3) is 10.8 Å². The lowest BCUT2D eigenvalue weighted by Crippen LogP contribution is -2.27. The van der Waals surface area contributed by atoms with E-state index in [1.165, 1.54) is 0 Å². The molecule has 0 saturated carbocycles. The Hall–Kier alpha value is -3.02. The molecular formula is C21H17F3O3. The Balaban J connectivity index is 2.12. The number of halogens is 3. The van der Waals surface area contributed by atoms with Gasteiger partial charge in [-0.05, 0) is 42.8 Å². The molecule has 3 rings (SSSR count). The van der Waals surface area contributed by atoms with Gasteiger partial charge in [-0.15, -0.1) is 0 Å². The second-order valence-electron chi connectivity index (χ2n) is 6.65. The topological polar surface area (TPSA) is 46.5 Å². The molecule has 0 heterocycles. The van der Waals surface area contributed by atoms with E-state index < -0.39 is 29.1 Å². The quantitative estimate of drug-likeness (QED) is 0.621. The van der Waals surface area contributed by atoms with Crippen LogP contribution in [0.4, 0.5) is 13.2 Å². The van der Waals surface area contributed by atoms with Crippen molar-refractivity contribution in [1.82, 2.24) is 0 Å². The minimum Gasteiger partial charge on any atom is -0.482 e. The van der Waals surface area contributed by atoms with Gasteiger partial charge in [0.2, 0.25) is 0 Å². The van der Waals surface area contributed by atoms with E-state index in [0.717, 1.165) is 29.0 Å². The first-order valence-electron chi connectivity index (χ1n) is 8.21. The largest absolute Gasteiger partial charge is 0.482 e. The van der Waals surface area contributed by atoms with Gasteiger partial charge in [0.05, 0.1) is 11.1 Å². The maximum absolute atomic E-state index is 13.4. The monoisotopic (exact) mass is 374 g/mol. The number of hydrogen-bond acceptors (Lipinski definition) is 2. The van der Waals surface area contributed by atoms with Crippen LogP contribution in [0.1, 0.15) is 35.3 Å². The summed E-state index contributed by atoms with van der Waals surface area (Å²) in [5, 5.41) is 10.9. The van der Waals surface area contributed by atoms with E-state index in [9.17, 15) is 18.0 Å². The van der Waals surface area contributed by atoms with E-state index in [1.807, 2.05) is 30.3 Å². The minimum absolute atomic E-state index is 0.272. The van der Waals surface area contributed by atoms with Gasteiger partial charge in [0.15, 0.2) is 0 Å². The molecule has 0 saturated heterocycles. The number of carboxylic acid groups (broad SMARTS) is 1. The number of ether oxygens (including phenoxy) is 1. The van der Waals surface area contributed by atoms with Crippen molar-refractivity contribution in [3.63, 3.8) is 0 Å². The maximum Gasteiger partial charge on any atom is 0.419 e. The highest BCUT2D eigenvalue weighted by atomic mass is 19.4. The second kappa shape index (κ2) is 6.61. The zero-order valence-electron chi connectivity index (χ0n) is 14.7. The fourth-order valence-corrected chi connectivity index (χ4v) is 3.05. The number of rotatable bonds is 4. The molecule has 0 radical (unpaired) electrons. The SMILES string of the molecule is CC(C)(Oc1cc(C(=O)O)ccc1C(F)(F)F)c1cccc2ccccc12. The second-order valence-corrected chi connectivity index (χ2v) is 6.65. The van der Waals surface area contributed by atoms with Crippen molar-refractivity contribution in [3.05, 3.63) is 77.4 Å². The van der Waals surface area contributed by atoms with Crippen LogP contribution < -0.4 is 4.74 Å². The Kier molecular flexibility index (Phi) is 4.59. The minimum atomic E-state index is -4.67. The first-order chi connectivity index (χ1) is 12.6. The van der Waals surface area contributed by atoms with Gasteiger partial charge >= 0.3 is 12.1 Å². The van der Waals surface area contributed by atoms with E-state index in [4.69, 9.17) is 9.84 Å². The van der Waals surface area contributed by atoms with Gasteiger partial charge in [-0.25, -0.2) is 4.79 Å². The van der Waals surface area contributed by atoms with Crippen molar-refractivity contribution >= 4 is 16.7 Å². The standard InChI is InChI=1S/C21H17F3O3/c1-20(2,16-9-5-7-13-6-3-4-8-15(13)16)27-18-12-14(19(25)26)10-11-17(18)21(22,23)24/h3-12H,1-2H3,(H,25,26). The number of aromatic carboxylic acids is 1. The lowest BCUT2D eigenvalue weighted by atomic mass is 9.92. The molecule has 0 fully saturated rings. The predicted molar refractivity (Wildman–Crippen MR) is 96.0 cm³/mol. The summed E-state index contributed by atoms with van der Waals surface area (Å²) in [5.41, 5.74) is -1.71. The summed E-state index contributed by atoms with van der Waals surface area (Å²) < 4.78 is 45.9. The summed E-state index contributed by atoms with van der Waals surface area (Å²) in [6, 6.07) is 15.6. The molecule has 27 heavy (non-hydrogen) atoms. The van der Waals surface area contributed by atoms with Crippen LogP contribution in [0.15, 0.2) is 60.7 Å². The number of benzene rings is 3. The number of carboxylic acids is 1. The molecule has 0 unspecified atom stereocenters. The first kappa shape index (κ1) is 18.8. The average Bonchev–Trinajstić information content (AvgIpc) is 2.59. The third-order valence-corrected chi connectivity index (χ3v) is 4.34. The average molecular weight is 374 g/mol. The van der Waals surface area contributed by atoms with E-state index in [2.05, 4.69) is 0 Å². The van der Waals surface area contributed by atoms with Crippen LogP contribution in [0.2, 0.25) is 0 Å². The highest BCUT2D eigenvalue weighted by molar-refractivity contribution is 5.88. The van der Waals surface area contributed by atoms with Gasteiger partial charge in [0.1, 0.15) is 11.4 Å². The van der Waals surface area contributed by atoms with Gasteiger partial charge in [-0.1, -0.05) is 42.5 Å². The summed E-state index contributed by atoms with van der Waals surface area (Å²) in [5.74, 6) is -1.84. The predicted octanol–water partition coefficient (Wildman–Crippen LogP) is 5.87. The van der Waals surface area contributed by atoms with Crippen LogP contribution >= 0.6 is 0 Å². The van der Waals surface area contributed by atoms with Crippen LogP contribution in [-0.4, -0.2) is 11.1 Å². The molecule has 6 heteroatoms. The summed E-state index contributed by atoms with van der Waals surface area (Å²) in [6.45, 7) is 3.31. The zero-order chi connectivity index (χ0) is 19.8. The van der Waals surface area contributed by atoms with Crippen LogP contribution in [0.5, 0.6) is 5.75 Å². The molecule has 0 spiro atoms. The molecular weight excluding hydrogens is 357 g/mol. The van der Waals surface area contributed by atoms with Crippen LogP contribution in [0, 0.1) is 0 Å². The summed E-state index contributed by atoms with van der Waals surface area (Å²) >= 11 is 0. The maximum atomic E-state index is 13.4. The van der Waals surface area contributed by atoms with Gasteiger partial charge < -0.3 is 9.84 Å². The molecule has 1 N–H and O–H groups in total. The van der Waals surface area contributed by atoms with Crippen molar-refractivity contribution in [3.8, 4) is 5.75 Å². The van der Waals surface area contributed by atoms with E-state index in [-0.39, 0.29) is 5.56 Å². The number of carbonyl (C=O) groups is 1. The molecule has 140 valence electrons. The van der Waals surface area contributed by atoms with E-state index >= 15 is 0 Å². The Morgan fingerprint density at radius 3 is 2.26 bits per heavy atom. The molecule has 3 nitrogen and oxygen atoms in total. The summed E-state index contributed by atoms with van der Waals surface area (Å²) in [6.07, 6.45) is -4.67. The summed E-state index contributed by atoms with van der Waals surface area (Å²) in [4.78, 5) is 11.2. The Morgan fingerprint density at radius 1 is 0.926 bits per heavy atom.